The van der Waals surface area contributed by atoms with Gasteiger partial charge in [0.2, 0.25) is 18.2 Å². The summed E-state index contributed by atoms with van der Waals surface area (Å²) >= 11 is 0. The zero-order valence-corrected chi connectivity index (χ0v) is 30.1. The fraction of sp³-hybridized carbons (Fsp3) is 0.244. The van der Waals surface area contributed by atoms with Gasteiger partial charge in [0, 0.05) is 53.0 Å². The number of carbonyl (C=O) groups excluding carboxylic acids is 4. The van der Waals surface area contributed by atoms with Gasteiger partial charge in [-0.2, -0.15) is 0 Å². The molecule has 2 heterocycles. The van der Waals surface area contributed by atoms with Gasteiger partial charge in [-0.25, -0.2) is 0 Å². The fourth-order valence-corrected chi connectivity index (χ4v) is 6.33. The lowest BCUT2D eigenvalue weighted by atomic mass is 9.94. The van der Waals surface area contributed by atoms with E-state index >= 15 is 0 Å². The van der Waals surface area contributed by atoms with E-state index in [2.05, 4.69) is 20.8 Å². The van der Waals surface area contributed by atoms with Crippen molar-refractivity contribution in [3.05, 3.63) is 125 Å². The van der Waals surface area contributed by atoms with Crippen LogP contribution in [0.2, 0.25) is 0 Å². The van der Waals surface area contributed by atoms with Crippen LogP contribution in [0.1, 0.15) is 57.4 Å². The molecule has 3 aromatic carbocycles. The van der Waals surface area contributed by atoms with Crippen molar-refractivity contribution in [1.29, 1.82) is 5.41 Å². The number of nitrogens with one attached hydrogen (secondary N) is 3. The fourth-order valence-electron chi connectivity index (χ4n) is 6.33. The topological polar surface area (TPSA) is 193 Å². The molecule has 0 spiro atoms. The monoisotopic (exact) mass is 744 g/mol. The Morgan fingerprint density at radius 1 is 0.945 bits per heavy atom. The molecule has 4 aromatic rings. The second-order valence-corrected chi connectivity index (χ2v) is 12.8. The summed E-state index contributed by atoms with van der Waals surface area (Å²) in [6, 6.07) is 20.8. The number of ether oxygens (including phenoxy) is 3. The van der Waals surface area contributed by atoms with Crippen LogP contribution in [0.3, 0.4) is 0 Å². The van der Waals surface area contributed by atoms with Gasteiger partial charge >= 0.3 is 0 Å². The molecule has 1 fully saturated rings. The van der Waals surface area contributed by atoms with Crippen molar-refractivity contribution < 1.29 is 38.6 Å². The molecule has 55 heavy (non-hydrogen) atoms. The third kappa shape index (κ3) is 9.29. The number of hydrogen-bond donors (Lipinski definition) is 4. The minimum Gasteiger partial charge on any atom is -0.491 e. The molecule has 4 amide bonds. The lowest BCUT2D eigenvalue weighted by Gasteiger charge is -2.28. The van der Waals surface area contributed by atoms with Gasteiger partial charge < -0.3 is 24.7 Å². The van der Waals surface area contributed by atoms with E-state index in [-0.39, 0.29) is 31.6 Å². The third-order valence-electron chi connectivity index (χ3n) is 9.28. The number of carbonyl (C=O) groups is 4. The summed E-state index contributed by atoms with van der Waals surface area (Å²) < 4.78 is 17.3. The Labute approximate surface area is 317 Å². The first-order valence-corrected chi connectivity index (χ1v) is 17.7. The average Bonchev–Trinajstić information content (AvgIpc) is 3.62. The van der Waals surface area contributed by atoms with Crippen LogP contribution in [-0.2, 0) is 25.5 Å². The number of allylic oxidation sites excluding steroid dienone is 1. The number of aryl methyl sites for hydroxylation is 2. The molecule has 1 aromatic heterocycles. The van der Waals surface area contributed by atoms with Crippen molar-refractivity contribution in [1.82, 2.24) is 15.2 Å². The molecule has 1 aliphatic carbocycles. The van der Waals surface area contributed by atoms with Gasteiger partial charge in [0.25, 0.3) is 5.91 Å². The third-order valence-corrected chi connectivity index (χ3v) is 9.28. The Bertz CT molecular complexity index is 2130. The number of rotatable bonds is 16. The van der Waals surface area contributed by atoms with E-state index in [1.165, 1.54) is 6.07 Å². The van der Waals surface area contributed by atoms with Crippen LogP contribution in [0.25, 0.3) is 5.57 Å². The highest BCUT2D eigenvalue weighted by Gasteiger charge is 2.35. The quantitative estimate of drug-likeness (QED) is 0.0306. The Hall–Kier alpha value is -6.67. The molecule has 1 aliphatic heterocycles. The Morgan fingerprint density at radius 3 is 2.38 bits per heavy atom. The average molecular weight is 745 g/mol. The molecule has 1 atom stereocenters. The number of piperidine rings is 1. The summed E-state index contributed by atoms with van der Waals surface area (Å²) in [4.78, 5) is 53.7. The molecular formula is C41H40N6O8. The molecule has 14 nitrogen and oxygen atoms in total. The normalized spacial score (nSPS) is 15.9. The molecule has 1 saturated heterocycles. The van der Waals surface area contributed by atoms with Gasteiger partial charge in [-0.1, -0.05) is 29.4 Å². The van der Waals surface area contributed by atoms with Crippen LogP contribution >= 0.6 is 0 Å². The van der Waals surface area contributed by atoms with Crippen molar-refractivity contribution in [2.75, 3.05) is 31.7 Å². The SMILES string of the molecule is Cc1ccc(OCCOCCOc2ccc(N/C=C(\C(=N)c3ccncc3)c3ccc4c(c3)CC/C4=N\O)cc2)cc1C(=O)N(C=O)C1CCC(=O)NC1=O. The van der Waals surface area contributed by atoms with Crippen molar-refractivity contribution in [2.24, 2.45) is 5.16 Å². The van der Waals surface area contributed by atoms with Crippen LogP contribution in [-0.4, -0.2) is 83.1 Å². The lowest BCUT2D eigenvalue weighted by molar-refractivity contribution is -0.139. The molecular weight excluding hydrogens is 704 g/mol. The van der Waals surface area contributed by atoms with Crippen LogP contribution in [0.4, 0.5) is 5.69 Å². The Morgan fingerprint density at radius 2 is 1.67 bits per heavy atom. The van der Waals surface area contributed by atoms with E-state index in [1.54, 1.807) is 43.6 Å². The van der Waals surface area contributed by atoms with Gasteiger partial charge in [-0.05, 0) is 91.4 Å². The number of nitrogens with zero attached hydrogens (tertiary/aromatic N) is 3. The second kappa shape index (κ2) is 17.9. The Kier molecular flexibility index (Phi) is 12.4. The van der Waals surface area contributed by atoms with Crippen molar-refractivity contribution in [2.45, 2.75) is 38.6 Å². The summed E-state index contributed by atoms with van der Waals surface area (Å²) in [5, 5.41) is 27.2. The summed E-state index contributed by atoms with van der Waals surface area (Å²) in [5.74, 6) is -0.733. The maximum absolute atomic E-state index is 13.2. The van der Waals surface area contributed by atoms with E-state index in [0.717, 1.165) is 39.3 Å². The van der Waals surface area contributed by atoms with Gasteiger partial charge in [0.15, 0.2) is 0 Å². The van der Waals surface area contributed by atoms with Crippen molar-refractivity contribution >= 4 is 46.8 Å². The summed E-state index contributed by atoms with van der Waals surface area (Å²) in [5.41, 5.74) is 6.89. The van der Waals surface area contributed by atoms with E-state index in [9.17, 15) is 24.4 Å². The highest BCUT2D eigenvalue weighted by molar-refractivity contribution is 6.30. The van der Waals surface area contributed by atoms with E-state index in [0.29, 0.717) is 60.1 Å². The standard InChI is InChI=1S/C41H40N6O8/c1-26-2-7-32(23-34(26)41(51)47(25-48)37-12-13-38(49)45-40(37)50)55-21-19-53-18-20-54-31-8-5-30(6-9-31)44-24-35(39(42)27-14-16-43-17-15-27)29-3-10-33-28(22-29)4-11-36(33)46-52/h2-3,5-10,14-17,22-25,37,42,44,52H,4,11-13,18-21H2,1H3,(H,45,49,50)/b35-24-,42-39?,46-36+. The number of pyridine rings is 1. The number of anilines is 1. The summed E-state index contributed by atoms with van der Waals surface area (Å²) in [7, 11) is 0. The zero-order valence-electron chi connectivity index (χ0n) is 30.1. The number of aromatic nitrogens is 1. The molecule has 2 aliphatic rings. The highest BCUT2D eigenvalue weighted by Crippen LogP contribution is 2.29. The van der Waals surface area contributed by atoms with Gasteiger partial charge in [-0.15, -0.1) is 0 Å². The Balaban J connectivity index is 0.973. The van der Waals surface area contributed by atoms with E-state index < -0.39 is 23.8 Å². The van der Waals surface area contributed by atoms with Crippen LogP contribution in [0.15, 0.2) is 96.5 Å². The number of amides is 4. The van der Waals surface area contributed by atoms with Crippen molar-refractivity contribution in [3.63, 3.8) is 0 Å². The largest absolute Gasteiger partial charge is 0.491 e. The molecule has 1 unspecified atom stereocenters. The zero-order chi connectivity index (χ0) is 38.7. The molecule has 4 N–H and O–H groups in total. The number of hydrogen-bond acceptors (Lipinski definition) is 12. The maximum Gasteiger partial charge on any atom is 0.261 e. The molecule has 282 valence electrons. The van der Waals surface area contributed by atoms with Crippen LogP contribution in [0, 0.1) is 12.3 Å². The van der Waals surface area contributed by atoms with Crippen molar-refractivity contribution in [3.8, 4) is 11.5 Å². The molecule has 6 rings (SSSR count). The van der Waals surface area contributed by atoms with Crippen LogP contribution < -0.4 is 20.1 Å². The summed E-state index contributed by atoms with van der Waals surface area (Å²) in [6.07, 6.45) is 6.98. The summed E-state index contributed by atoms with van der Waals surface area (Å²) in [6.45, 7) is 2.76. The minimum absolute atomic E-state index is 0.0363. The molecule has 0 saturated carbocycles. The highest BCUT2D eigenvalue weighted by atomic mass is 16.5. The number of benzene rings is 3. The number of fused-ring (bicyclic) bond motifs is 1. The van der Waals surface area contributed by atoms with Gasteiger partial charge in [0.05, 0.1) is 24.6 Å². The first kappa shape index (κ1) is 38.1. The maximum atomic E-state index is 13.2. The number of imide groups is 2. The smallest absolute Gasteiger partial charge is 0.261 e. The molecule has 14 heteroatoms. The minimum atomic E-state index is -1.06. The van der Waals surface area contributed by atoms with Crippen LogP contribution in [0.5, 0.6) is 11.5 Å². The first-order chi connectivity index (χ1) is 26.7. The molecule has 0 bridgehead atoms. The second-order valence-electron chi connectivity index (χ2n) is 12.8. The van der Waals surface area contributed by atoms with Gasteiger partial charge in [0.1, 0.15) is 30.8 Å². The van der Waals surface area contributed by atoms with E-state index in [1.807, 2.05) is 48.7 Å². The molecule has 0 radical (unpaired) electrons. The van der Waals surface area contributed by atoms with Gasteiger partial charge in [-0.3, -0.25) is 39.8 Å². The predicted molar refractivity (Wildman–Crippen MR) is 204 cm³/mol. The predicted octanol–water partition coefficient (Wildman–Crippen LogP) is 4.91. The number of oxime groups is 1. The van der Waals surface area contributed by atoms with E-state index in [4.69, 9.17) is 19.6 Å². The lowest BCUT2D eigenvalue weighted by Crippen LogP contribution is -2.53. The first-order valence-electron chi connectivity index (χ1n) is 17.7.